The minimum absolute atomic E-state index is 0.108. The molecule has 1 nitrogen and oxygen atoms in total. The van der Waals surface area contributed by atoms with Crippen LogP contribution in [-0.4, -0.2) is 0 Å². The fourth-order valence-electron chi connectivity index (χ4n) is 8.14. The smallest absolute Gasteiger partial charge is 0.0645 e. The number of hydrogen-bond donors (Lipinski definition) is 0. The highest BCUT2D eigenvalue weighted by molar-refractivity contribution is 5.99. The number of fused-ring (bicyclic) bond motifs is 1. The van der Waals surface area contributed by atoms with E-state index in [2.05, 4.69) is 115 Å². The van der Waals surface area contributed by atoms with Crippen LogP contribution in [0.3, 0.4) is 0 Å². The number of rotatable bonds is 9. The Bertz CT molecular complexity index is 3240. The molecule has 59 heavy (non-hydrogen) atoms. The van der Waals surface area contributed by atoms with Gasteiger partial charge in [-0.25, -0.2) is 0 Å². The zero-order valence-electron chi connectivity index (χ0n) is 36.3. The Morgan fingerprint density at radius 1 is 0.271 bits per heavy atom. The van der Waals surface area contributed by atoms with Crippen LogP contribution < -0.4 is 4.90 Å². The zero-order chi connectivity index (χ0) is 42.9. The van der Waals surface area contributed by atoms with Crippen LogP contribution >= 0.6 is 0 Å². The lowest BCUT2D eigenvalue weighted by atomic mass is 9.88. The number of para-hydroxylation sites is 1. The monoisotopic (exact) mass is 755 g/mol. The maximum atomic E-state index is 9.80. The molecule has 0 unspecified atom stereocenters. The fourth-order valence-corrected chi connectivity index (χ4v) is 8.14. The molecule has 10 aromatic rings. The average Bonchev–Trinajstić information content (AvgIpc) is 3.35. The second-order valence-corrected chi connectivity index (χ2v) is 14.6. The zero-order valence-corrected chi connectivity index (χ0v) is 32.3. The van der Waals surface area contributed by atoms with Crippen molar-refractivity contribution >= 4 is 27.8 Å². The molecule has 0 amide bonds. The van der Waals surface area contributed by atoms with Gasteiger partial charge in [0.1, 0.15) is 0 Å². The van der Waals surface area contributed by atoms with Crippen molar-refractivity contribution < 1.29 is 5.48 Å². The van der Waals surface area contributed by atoms with E-state index in [0.29, 0.717) is 11.3 Å². The fraction of sp³-hybridized carbons (Fsp3) is 0. The van der Waals surface area contributed by atoms with Gasteiger partial charge in [-0.1, -0.05) is 218 Å². The summed E-state index contributed by atoms with van der Waals surface area (Å²) in [5, 5.41) is 2.24. The molecule has 0 fully saturated rings. The van der Waals surface area contributed by atoms with E-state index in [0.717, 1.165) is 72.1 Å². The van der Waals surface area contributed by atoms with Gasteiger partial charge in [0.25, 0.3) is 0 Å². The standard InChI is InChI=1S/C58H41N/c1-3-17-42(18-4-1)43-33-35-44(36-34-43)45-37-39-49(40-38-45)59(50-24-15-23-48(41-50)53-31-16-22-47-21-7-8-25-51(47)53)58-32-14-13-30-57(58)56-29-12-11-28-55(56)54-27-10-9-26-52(54)46-19-5-2-6-20-46/h1-41H/i37D,38D,39D,40D. The second-order valence-electron chi connectivity index (χ2n) is 14.6. The first kappa shape index (κ1) is 31.4. The molecule has 0 saturated heterocycles. The molecule has 0 aliphatic rings. The highest BCUT2D eigenvalue weighted by Gasteiger charge is 2.21. The lowest BCUT2D eigenvalue weighted by molar-refractivity contribution is 1.28. The highest BCUT2D eigenvalue weighted by Crippen LogP contribution is 2.46. The Labute approximate surface area is 352 Å². The van der Waals surface area contributed by atoms with Crippen molar-refractivity contribution in [2.24, 2.45) is 0 Å². The van der Waals surface area contributed by atoms with Crippen molar-refractivity contribution in [3.63, 3.8) is 0 Å². The summed E-state index contributed by atoms with van der Waals surface area (Å²) < 4.78 is 38.7. The van der Waals surface area contributed by atoms with Crippen LogP contribution in [0.25, 0.3) is 77.5 Å². The van der Waals surface area contributed by atoms with Crippen LogP contribution in [0, 0.1) is 0 Å². The molecule has 0 spiro atoms. The topological polar surface area (TPSA) is 3.24 Å². The van der Waals surface area contributed by atoms with Crippen molar-refractivity contribution in [2.45, 2.75) is 0 Å². The third-order valence-corrected chi connectivity index (χ3v) is 11.0. The molecule has 1 heteroatoms. The molecular formula is C58H41N. The summed E-state index contributed by atoms with van der Waals surface area (Å²) in [6, 6.07) is 75.4. The normalized spacial score (nSPS) is 12.0. The predicted molar refractivity (Wildman–Crippen MR) is 251 cm³/mol. The van der Waals surface area contributed by atoms with Gasteiger partial charge in [0, 0.05) is 16.9 Å². The van der Waals surface area contributed by atoms with E-state index in [9.17, 15) is 5.48 Å². The SMILES string of the molecule is [2H]c1c([2H])c(N(c2cccc(-c3cccc4ccccc34)c2)c2ccccc2-c2ccccc2-c2ccccc2-c2ccccc2)c([2H])c([2H])c1-c1ccc(-c2ccccc2)cc1. The van der Waals surface area contributed by atoms with Crippen LogP contribution in [-0.2, 0) is 0 Å². The Hall–Kier alpha value is -7.74. The molecule has 0 heterocycles. The molecular weight excluding hydrogens is 711 g/mol. The van der Waals surface area contributed by atoms with Crippen molar-refractivity contribution in [3.8, 4) is 66.8 Å². The summed E-state index contributed by atoms with van der Waals surface area (Å²) in [7, 11) is 0. The lowest BCUT2D eigenvalue weighted by Gasteiger charge is -2.29. The quantitative estimate of drug-likeness (QED) is 0.142. The summed E-state index contributed by atoms with van der Waals surface area (Å²) in [6.07, 6.45) is 0. The van der Waals surface area contributed by atoms with Gasteiger partial charge < -0.3 is 4.90 Å². The van der Waals surface area contributed by atoms with E-state index in [1.165, 1.54) is 0 Å². The van der Waals surface area contributed by atoms with E-state index in [1.54, 1.807) is 0 Å². The Morgan fingerprint density at radius 2 is 0.729 bits per heavy atom. The van der Waals surface area contributed by atoms with E-state index < -0.39 is 0 Å². The largest absolute Gasteiger partial charge is 0.310 e. The number of anilines is 3. The Kier molecular flexibility index (Phi) is 8.51. The van der Waals surface area contributed by atoms with Crippen LogP contribution in [0.15, 0.2) is 249 Å². The van der Waals surface area contributed by atoms with Gasteiger partial charge >= 0.3 is 0 Å². The molecule has 0 aromatic heterocycles. The summed E-state index contributed by atoms with van der Waals surface area (Å²) in [4.78, 5) is 1.92. The van der Waals surface area contributed by atoms with Gasteiger partial charge in [-0.3, -0.25) is 0 Å². The van der Waals surface area contributed by atoms with Crippen LogP contribution in [0.1, 0.15) is 5.48 Å². The van der Waals surface area contributed by atoms with Crippen molar-refractivity contribution in [1.82, 2.24) is 0 Å². The first-order valence-corrected chi connectivity index (χ1v) is 19.9. The molecule has 0 aliphatic heterocycles. The molecule has 0 aliphatic carbocycles. The second kappa shape index (κ2) is 16.0. The molecule has 0 saturated carbocycles. The van der Waals surface area contributed by atoms with E-state index in [1.807, 2.05) is 114 Å². The predicted octanol–water partition coefficient (Wildman–Crippen LogP) is 16.3. The first-order valence-electron chi connectivity index (χ1n) is 21.9. The van der Waals surface area contributed by atoms with E-state index >= 15 is 0 Å². The maximum absolute atomic E-state index is 9.80. The van der Waals surface area contributed by atoms with Crippen molar-refractivity contribution in [2.75, 3.05) is 4.90 Å². The molecule has 0 N–H and O–H groups in total. The Morgan fingerprint density at radius 3 is 1.44 bits per heavy atom. The summed E-state index contributed by atoms with van der Waals surface area (Å²) in [5.74, 6) is 0. The molecule has 0 radical (unpaired) electrons. The van der Waals surface area contributed by atoms with Gasteiger partial charge in [0.15, 0.2) is 0 Å². The highest BCUT2D eigenvalue weighted by atomic mass is 15.1. The molecule has 278 valence electrons. The van der Waals surface area contributed by atoms with Gasteiger partial charge in [0.05, 0.1) is 11.2 Å². The minimum Gasteiger partial charge on any atom is -0.310 e. The number of nitrogens with zero attached hydrogens (tertiary/aromatic N) is 1. The minimum atomic E-state index is -0.133. The van der Waals surface area contributed by atoms with Crippen LogP contribution in [0.2, 0.25) is 0 Å². The maximum Gasteiger partial charge on any atom is 0.0645 e. The molecule has 0 bridgehead atoms. The molecule has 10 rings (SSSR count). The molecule has 0 atom stereocenters. The first-order chi connectivity index (χ1) is 31.0. The van der Waals surface area contributed by atoms with Gasteiger partial charge in [-0.15, -0.1) is 0 Å². The third kappa shape index (κ3) is 7.12. The number of benzene rings is 10. The average molecular weight is 756 g/mol. The van der Waals surface area contributed by atoms with Crippen molar-refractivity contribution in [3.05, 3.63) is 249 Å². The van der Waals surface area contributed by atoms with Crippen LogP contribution in [0.5, 0.6) is 0 Å². The third-order valence-electron chi connectivity index (χ3n) is 11.0. The number of hydrogen-bond acceptors (Lipinski definition) is 1. The Balaban J connectivity index is 1.19. The summed E-state index contributed by atoms with van der Waals surface area (Å²) in [5.41, 5.74) is 12.7. The van der Waals surface area contributed by atoms with E-state index in [-0.39, 0.29) is 35.4 Å². The summed E-state index contributed by atoms with van der Waals surface area (Å²) >= 11 is 0. The molecule has 10 aromatic carbocycles. The lowest BCUT2D eigenvalue weighted by Crippen LogP contribution is -2.11. The summed E-state index contributed by atoms with van der Waals surface area (Å²) in [6.45, 7) is 0. The van der Waals surface area contributed by atoms with Crippen LogP contribution in [0.4, 0.5) is 17.1 Å². The van der Waals surface area contributed by atoms with Crippen molar-refractivity contribution in [1.29, 1.82) is 0 Å². The van der Waals surface area contributed by atoms with Gasteiger partial charge in [-0.05, 0) is 102 Å². The van der Waals surface area contributed by atoms with Gasteiger partial charge in [0.2, 0.25) is 0 Å². The van der Waals surface area contributed by atoms with E-state index in [4.69, 9.17) is 0 Å². The van der Waals surface area contributed by atoms with Gasteiger partial charge in [-0.2, -0.15) is 0 Å².